The maximum atomic E-state index is 13.3. The lowest BCUT2D eigenvalue weighted by molar-refractivity contribution is -0.387. The van der Waals surface area contributed by atoms with E-state index >= 15 is 0 Å². The minimum absolute atomic E-state index is 0.0766. The highest BCUT2D eigenvalue weighted by Gasteiger charge is 2.20. The molecule has 6 nitrogen and oxygen atoms in total. The molecule has 110 valence electrons. The number of nitro benzene ring substituents is 1. The first-order valence-corrected chi connectivity index (χ1v) is 6.86. The van der Waals surface area contributed by atoms with Crippen molar-refractivity contribution < 1.29 is 14.1 Å². The van der Waals surface area contributed by atoms with E-state index in [-0.39, 0.29) is 5.56 Å². The number of carbonyl (C=O) groups is 1. The Morgan fingerprint density at radius 3 is 2.81 bits per heavy atom. The van der Waals surface area contributed by atoms with Gasteiger partial charge in [-0.05, 0) is 19.1 Å². The maximum Gasteiger partial charge on any atom is 0.305 e. The number of thiazole rings is 1. The molecule has 0 radical (unpaired) electrons. The molecule has 0 fully saturated rings. The average molecular weight is 309 g/mol. The SMILES string of the molecule is Cc1ncsc1CN(C)C(=O)c1ccc(F)c([N+](=O)[O-])c1. The van der Waals surface area contributed by atoms with Gasteiger partial charge in [0.05, 0.1) is 22.7 Å². The fourth-order valence-corrected chi connectivity index (χ4v) is 2.60. The molecule has 21 heavy (non-hydrogen) atoms. The van der Waals surface area contributed by atoms with Crippen LogP contribution in [0.3, 0.4) is 0 Å². The number of nitro groups is 1. The Bertz CT molecular complexity index is 702. The molecule has 0 saturated carbocycles. The van der Waals surface area contributed by atoms with Gasteiger partial charge in [0.25, 0.3) is 5.91 Å². The minimum Gasteiger partial charge on any atom is -0.336 e. The van der Waals surface area contributed by atoms with Crippen LogP contribution in [0.4, 0.5) is 10.1 Å². The standard InChI is InChI=1S/C13H12FN3O3S/c1-8-12(21-7-15-8)6-16(2)13(18)9-3-4-10(14)11(5-9)17(19)20/h3-5,7H,6H2,1-2H3. The van der Waals surface area contributed by atoms with Crippen molar-refractivity contribution in [2.45, 2.75) is 13.5 Å². The van der Waals surface area contributed by atoms with E-state index in [2.05, 4.69) is 4.98 Å². The maximum absolute atomic E-state index is 13.3. The molecule has 1 aromatic heterocycles. The molecule has 2 rings (SSSR count). The summed E-state index contributed by atoms with van der Waals surface area (Å²) < 4.78 is 13.3. The highest BCUT2D eigenvalue weighted by molar-refractivity contribution is 7.09. The zero-order valence-electron chi connectivity index (χ0n) is 11.4. The third kappa shape index (κ3) is 3.22. The van der Waals surface area contributed by atoms with Crippen LogP contribution in [0.25, 0.3) is 0 Å². The monoisotopic (exact) mass is 309 g/mol. The zero-order valence-corrected chi connectivity index (χ0v) is 12.2. The van der Waals surface area contributed by atoms with Crippen molar-refractivity contribution in [3.63, 3.8) is 0 Å². The second-order valence-corrected chi connectivity index (χ2v) is 5.38. The molecule has 0 saturated heterocycles. The Morgan fingerprint density at radius 1 is 1.52 bits per heavy atom. The topological polar surface area (TPSA) is 76.3 Å². The Hall–Kier alpha value is -2.35. The quantitative estimate of drug-likeness (QED) is 0.643. The largest absolute Gasteiger partial charge is 0.336 e. The summed E-state index contributed by atoms with van der Waals surface area (Å²) in [6.07, 6.45) is 0. The molecule has 0 spiro atoms. The molecule has 1 aromatic carbocycles. The smallest absolute Gasteiger partial charge is 0.305 e. The molecule has 0 atom stereocenters. The van der Waals surface area contributed by atoms with Crippen LogP contribution < -0.4 is 0 Å². The third-order valence-electron chi connectivity index (χ3n) is 2.96. The summed E-state index contributed by atoms with van der Waals surface area (Å²) in [4.78, 5) is 28.5. The molecule has 0 aliphatic carbocycles. The van der Waals surface area contributed by atoms with Gasteiger partial charge in [0, 0.05) is 23.6 Å². The molecule has 1 heterocycles. The molecule has 0 N–H and O–H groups in total. The molecule has 0 bridgehead atoms. The predicted octanol–water partition coefficient (Wildman–Crippen LogP) is 2.77. The number of benzene rings is 1. The van der Waals surface area contributed by atoms with E-state index in [4.69, 9.17) is 0 Å². The Morgan fingerprint density at radius 2 is 2.24 bits per heavy atom. The number of carbonyl (C=O) groups excluding carboxylic acids is 1. The first kappa shape index (κ1) is 15.0. The number of hydrogen-bond acceptors (Lipinski definition) is 5. The van der Waals surface area contributed by atoms with Crippen LogP contribution in [0.15, 0.2) is 23.7 Å². The number of amides is 1. The number of hydrogen-bond donors (Lipinski definition) is 0. The Balaban J connectivity index is 2.21. The number of rotatable bonds is 4. The predicted molar refractivity (Wildman–Crippen MR) is 75.7 cm³/mol. The van der Waals surface area contributed by atoms with Crippen molar-refractivity contribution in [1.82, 2.24) is 9.88 Å². The van der Waals surface area contributed by atoms with Crippen molar-refractivity contribution in [2.75, 3.05) is 7.05 Å². The number of halogens is 1. The highest BCUT2D eigenvalue weighted by atomic mass is 32.1. The molecule has 1 amide bonds. The van der Waals surface area contributed by atoms with Gasteiger partial charge in [-0.2, -0.15) is 4.39 Å². The van der Waals surface area contributed by atoms with E-state index in [1.807, 2.05) is 6.92 Å². The van der Waals surface area contributed by atoms with E-state index in [0.29, 0.717) is 6.54 Å². The van der Waals surface area contributed by atoms with Crippen molar-refractivity contribution >= 4 is 22.9 Å². The van der Waals surface area contributed by atoms with E-state index in [0.717, 1.165) is 22.7 Å². The normalized spacial score (nSPS) is 10.4. The number of nitrogens with zero attached hydrogens (tertiary/aromatic N) is 3. The molecule has 8 heteroatoms. The van der Waals surface area contributed by atoms with Crippen LogP contribution >= 0.6 is 11.3 Å². The third-order valence-corrected chi connectivity index (χ3v) is 3.88. The van der Waals surface area contributed by atoms with Gasteiger partial charge in [-0.1, -0.05) is 0 Å². The minimum atomic E-state index is -0.961. The van der Waals surface area contributed by atoms with E-state index in [1.54, 1.807) is 12.6 Å². The van der Waals surface area contributed by atoms with E-state index in [1.165, 1.54) is 22.3 Å². The van der Waals surface area contributed by atoms with Crippen LogP contribution in [0, 0.1) is 22.9 Å². The van der Waals surface area contributed by atoms with Crippen molar-refractivity contribution in [3.05, 3.63) is 55.8 Å². The van der Waals surface area contributed by atoms with Crippen molar-refractivity contribution in [2.24, 2.45) is 0 Å². The zero-order chi connectivity index (χ0) is 15.6. The number of aromatic nitrogens is 1. The summed E-state index contributed by atoms with van der Waals surface area (Å²) in [5.41, 5.74) is 1.90. The van der Waals surface area contributed by atoms with Crippen LogP contribution in [0.2, 0.25) is 0 Å². The van der Waals surface area contributed by atoms with Gasteiger partial charge >= 0.3 is 5.69 Å². The highest BCUT2D eigenvalue weighted by Crippen LogP contribution is 2.21. The first-order chi connectivity index (χ1) is 9.90. The molecular formula is C13H12FN3O3S. The molecule has 0 aliphatic rings. The van der Waals surface area contributed by atoms with Gasteiger partial charge in [-0.15, -0.1) is 11.3 Å². The fourth-order valence-electron chi connectivity index (χ4n) is 1.77. The van der Waals surface area contributed by atoms with E-state index in [9.17, 15) is 19.3 Å². The van der Waals surface area contributed by atoms with Crippen molar-refractivity contribution in [3.8, 4) is 0 Å². The summed E-state index contributed by atoms with van der Waals surface area (Å²) in [6.45, 7) is 2.19. The van der Waals surface area contributed by atoms with Gasteiger partial charge in [-0.3, -0.25) is 14.9 Å². The van der Waals surface area contributed by atoms with Crippen LogP contribution in [0.5, 0.6) is 0 Å². The molecule has 0 aliphatic heterocycles. The lowest BCUT2D eigenvalue weighted by Crippen LogP contribution is -2.26. The fraction of sp³-hybridized carbons (Fsp3) is 0.231. The molecular weight excluding hydrogens is 297 g/mol. The second kappa shape index (κ2) is 5.96. The van der Waals surface area contributed by atoms with Crippen LogP contribution in [-0.4, -0.2) is 27.8 Å². The van der Waals surface area contributed by atoms with Crippen molar-refractivity contribution in [1.29, 1.82) is 0 Å². The summed E-state index contributed by atoms with van der Waals surface area (Å²) in [5.74, 6) is -1.37. The summed E-state index contributed by atoms with van der Waals surface area (Å²) in [6, 6.07) is 3.12. The van der Waals surface area contributed by atoms with Crippen LogP contribution in [-0.2, 0) is 6.54 Å². The lowest BCUT2D eigenvalue weighted by atomic mass is 10.1. The lowest BCUT2D eigenvalue weighted by Gasteiger charge is -2.16. The second-order valence-electron chi connectivity index (χ2n) is 4.45. The van der Waals surface area contributed by atoms with Gasteiger partial charge in [0.2, 0.25) is 5.82 Å². The van der Waals surface area contributed by atoms with Gasteiger partial charge in [0.1, 0.15) is 0 Å². The van der Waals surface area contributed by atoms with Crippen LogP contribution in [0.1, 0.15) is 20.9 Å². The summed E-state index contributed by atoms with van der Waals surface area (Å²) >= 11 is 1.43. The first-order valence-electron chi connectivity index (χ1n) is 5.98. The summed E-state index contributed by atoms with van der Waals surface area (Å²) in [7, 11) is 1.58. The summed E-state index contributed by atoms with van der Waals surface area (Å²) in [5, 5.41) is 10.7. The van der Waals surface area contributed by atoms with Gasteiger partial charge in [-0.25, -0.2) is 4.98 Å². The van der Waals surface area contributed by atoms with Gasteiger partial charge < -0.3 is 4.90 Å². The number of aryl methyl sites for hydroxylation is 1. The Kier molecular flexibility index (Phi) is 4.27. The average Bonchev–Trinajstić information content (AvgIpc) is 2.83. The molecule has 0 unspecified atom stereocenters. The Labute approximate surface area is 124 Å². The van der Waals surface area contributed by atoms with E-state index < -0.39 is 22.3 Å². The van der Waals surface area contributed by atoms with Gasteiger partial charge in [0.15, 0.2) is 0 Å². The molecule has 2 aromatic rings.